The monoisotopic (exact) mass is 250 g/mol. The molecule has 4 heteroatoms. The SMILES string of the molecule is Cc1cc(C(O)CCc2ccnn2C)c(C)s1. The summed E-state index contributed by atoms with van der Waals surface area (Å²) in [5.41, 5.74) is 2.24. The smallest absolute Gasteiger partial charge is 0.0804 e. The number of aliphatic hydroxyl groups is 1. The lowest BCUT2D eigenvalue weighted by Gasteiger charge is -2.10. The van der Waals surface area contributed by atoms with E-state index in [0.29, 0.717) is 0 Å². The van der Waals surface area contributed by atoms with E-state index in [-0.39, 0.29) is 6.10 Å². The maximum atomic E-state index is 10.2. The van der Waals surface area contributed by atoms with Crippen LogP contribution in [0.1, 0.15) is 33.5 Å². The van der Waals surface area contributed by atoms with Gasteiger partial charge in [-0.3, -0.25) is 4.68 Å². The van der Waals surface area contributed by atoms with Gasteiger partial charge in [0.2, 0.25) is 0 Å². The summed E-state index contributed by atoms with van der Waals surface area (Å²) in [6.45, 7) is 4.15. The Balaban J connectivity index is 2.00. The highest BCUT2D eigenvalue weighted by Crippen LogP contribution is 2.28. The zero-order valence-electron chi connectivity index (χ0n) is 10.5. The number of aryl methyl sites for hydroxylation is 4. The minimum atomic E-state index is -0.366. The first-order chi connectivity index (χ1) is 8.08. The van der Waals surface area contributed by atoms with E-state index in [1.165, 1.54) is 9.75 Å². The molecule has 2 aromatic heterocycles. The normalized spacial score (nSPS) is 12.9. The number of hydrogen-bond acceptors (Lipinski definition) is 3. The molecule has 0 bridgehead atoms. The molecular formula is C13H18N2OS. The van der Waals surface area contributed by atoms with Crippen LogP contribution >= 0.6 is 11.3 Å². The van der Waals surface area contributed by atoms with Gasteiger partial charge in [0, 0.05) is 28.7 Å². The molecule has 92 valence electrons. The topological polar surface area (TPSA) is 38.1 Å². The van der Waals surface area contributed by atoms with Crippen LogP contribution < -0.4 is 0 Å². The van der Waals surface area contributed by atoms with Crippen molar-refractivity contribution in [1.29, 1.82) is 0 Å². The molecule has 0 aliphatic heterocycles. The van der Waals surface area contributed by atoms with Crippen LogP contribution in [0.3, 0.4) is 0 Å². The maximum absolute atomic E-state index is 10.2. The van der Waals surface area contributed by atoms with Crippen LogP contribution in [0, 0.1) is 13.8 Å². The van der Waals surface area contributed by atoms with E-state index in [9.17, 15) is 5.11 Å². The Bertz CT molecular complexity index is 501. The highest BCUT2D eigenvalue weighted by atomic mass is 32.1. The molecule has 0 fully saturated rings. The molecule has 1 unspecified atom stereocenters. The first-order valence-electron chi connectivity index (χ1n) is 5.80. The molecular weight excluding hydrogens is 232 g/mol. The minimum Gasteiger partial charge on any atom is -0.388 e. The molecule has 17 heavy (non-hydrogen) atoms. The average molecular weight is 250 g/mol. The largest absolute Gasteiger partial charge is 0.388 e. The molecule has 1 N–H and O–H groups in total. The van der Waals surface area contributed by atoms with Crippen LogP contribution in [-0.4, -0.2) is 14.9 Å². The van der Waals surface area contributed by atoms with Gasteiger partial charge in [0.1, 0.15) is 0 Å². The van der Waals surface area contributed by atoms with Crippen LogP contribution in [0.2, 0.25) is 0 Å². The highest BCUT2D eigenvalue weighted by Gasteiger charge is 2.13. The van der Waals surface area contributed by atoms with Crippen LogP contribution in [0.4, 0.5) is 0 Å². The van der Waals surface area contributed by atoms with Crippen LogP contribution in [0.5, 0.6) is 0 Å². The van der Waals surface area contributed by atoms with Gasteiger partial charge in [0.25, 0.3) is 0 Å². The summed E-state index contributed by atoms with van der Waals surface area (Å²) in [4.78, 5) is 2.48. The highest BCUT2D eigenvalue weighted by molar-refractivity contribution is 7.12. The van der Waals surface area contributed by atoms with E-state index in [1.54, 1.807) is 17.5 Å². The molecule has 2 aromatic rings. The standard InChI is InChI=1S/C13H18N2OS/c1-9-8-12(10(2)17-9)13(16)5-4-11-6-7-14-15(11)3/h6-8,13,16H,4-5H2,1-3H3. The summed E-state index contributed by atoms with van der Waals surface area (Å²) in [6, 6.07) is 4.09. The summed E-state index contributed by atoms with van der Waals surface area (Å²) in [5.74, 6) is 0. The minimum absolute atomic E-state index is 0.366. The van der Waals surface area contributed by atoms with Crippen molar-refractivity contribution in [1.82, 2.24) is 9.78 Å². The predicted octanol–water partition coefficient (Wildman–Crippen LogP) is 2.76. The Morgan fingerprint density at radius 2 is 2.24 bits per heavy atom. The quantitative estimate of drug-likeness (QED) is 0.906. The third kappa shape index (κ3) is 2.76. The van der Waals surface area contributed by atoms with Gasteiger partial charge < -0.3 is 5.11 Å². The average Bonchev–Trinajstić information content (AvgIpc) is 2.81. The number of rotatable bonds is 4. The fraction of sp³-hybridized carbons (Fsp3) is 0.462. The third-order valence-electron chi connectivity index (χ3n) is 3.03. The molecule has 0 radical (unpaired) electrons. The van der Waals surface area contributed by atoms with Crippen molar-refractivity contribution in [2.24, 2.45) is 7.05 Å². The molecule has 0 aliphatic rings. The van der Waals surface area contributed by atoms with E-state index in [1.807, 2.05) is 17.8 Å². The number of aliphatic hydroxyl groups excluding tert-OH is 1. The summed E-state index contributed by atoms with van der Waals surface area (Å²) < 4.78 is 1.86. The molecule has 3 nitrogen and oxygen atoms in total. The summed E-state index contributed by atoms with van der Waals surface area (Å²) in [5, 5.41) is 14.3. The van der Waals surface area contributed by atoms with Gasteiger partial charge in [0.15, 0.2) is 0 Å². The molecule has 1 atom stereocenters. The van der Waals surface area contributed by atoms with Crippen molar-refractivity contribution in [2.45, 2.75) is 32.8 Å². The lowest BCUT2D eigenvalue weighted by molar-refractivity contribution is 0.167. The van der Waals surface area contributed by atoms with Gasteiger partial charge >= 0.3 is 0 Å². The number of aromatic nitrogens is 2. The fourth-order valence-corrected chi connectivity index (χ4v) is 3.05. The Morgan fingerprint density at radius 1 is 1.47 bits per heavy atom. The van der Waals surface area contributed by atoms with Crippen LogP contribution in [-0.2, 0) is 13.5 Å². The fourth-order valence-electron chi connectivity index (χ4n) is 2.07. The number of thiophene rings is 1. The van der Waals surface area contributed by atoms with Gasteiger partial charge in [-0.1, -0.05) is 0 Å². The van der Waals surface area contributed by atoms with E-state index < -0.39 is 0 Å². The van der Waals surface area contributed by atoms with Gasteiger partial charge in [0.05, 0.1) is 6.10 Å². The Hall–Kier alpha value is -1.13. The molecule has 0 amide bonds. The van der Waals surface area contributed by atoms with Gasteiger partial charge in [-0.2, -0.15) is 5.10 Å². The summed E-state index contributed by atoms with van der Waals surface area (Å²) in [6.07, 6.45) is 3.03. The second-order valence-corrected chi connectivity index (χ2v) is 5.83. The van der Waals surface area contributed by atoms with Crippen molar-refractivity contribution in [2.75, 3.05) is 0 Å². The van der Waals surface area contributed by atoms with E-state index in [0.717, 1.165) is 24.1 Å². The predicted molar refractivity (Wildman–Crippen MR) is 70.3 cm³/mol. The molecule has 0 aromatic carbocycles. The van der Waals surface area contributed by atoms with Crippen molar-refractivity contribution in [3.8, 4) is 0 Å². The molecule has 2 heterocycles. The Morgan fingerprint density at radius 3 is 2.76 bits per heavy atom. The van der Waals surface area contributed by atoms with Gasteiger partial charge in [-0.25, -0.2) is 0 Å². The number of nitrogens with zero attached hydrogens (tertiary/aromatic N) is 2. The Labute approximate surface area is 106 Å². The van der Waals surface area contributed by atoms with Crippen LogP contribution in [0.15, 0.2) is 18.3 Å². The van der Waals surface area contributed by atoms with E-state index in [2.05, 4.69) is 25.0 Å². The molecule has 0 saturated carbocycles. The third-order valence-corrected chi connectivity index (χ3v) is 4.02. The van der Waals surface area contributed by atoms with Gasteiger partial charge in [-0.15, -0.1) is 11.3 Å². The van der Waals surface area contributed by atoms with E-state index in [4.69, 9.17) is 0 Å². The summed E-state index contributed by atoms with van der Waals surface area (Å²) in [7, 11) is 1.93. The van der Waals surface area contributed by atoms with Crippen molar-refractivity contribution >= 4 is 11.3 Å². The zero-order chi connectivity index (χ0) is 12.4. The maximum Gasteiger partial charge on any atom is 0.0804 e. The van der Waals surface area contributed by atoms with Crippen LogP contribution in [0.25, 0.3) is 0 Å². The van der Waals surface area contributed by atoms with Gasteiger partial charge in [-0.05, 0) is 44.4 Å². The molecule has 0 saturated heterocycles. The second kappa shape index (κ2) is 5.02. The number of hydrogen-bond donors (Lipinski definition) is 1. The first kappa shape index (κ1) is 12.3. The lowest BCUT2D eigenvalue weighted by atomic mass is 10.0. The second-order valence-electron chi connectivity index (χ2n) is 4.37. The van der Waals surface area contributed by atoms with E-state index >= 15 is 0 Å². The van der Waals surface area contributed by atoms with Crippen molar-refractivity contribution < 1.29 is 5.11 Å². The van der Waals surface area contributed by atoms with Crippen molar-refractivity contribution in [3.05, 3.63) is 39.3 Å². The summed E-state index contributed by atoms with van der Waals surface area (Å²) >= 11 is 1.75. The Kier molecular flexibility index (Phi) is 3.64. The lowest BCUT2D eigenvalue weighted by Crippen LogP contribution is -2.03. The first-order valence-corrected chi connectivity index (χ1v) is 6.61. The molecule has 2 rings (SSSR count). The molecule has 0 aliphatic carbocycles. The zero-order valence-corrected chi connectivity index (χ0v) is 11.3. The molecule has 0 spiro atoms. The van der Waals surface area contributed by atoms with Crippen molar-refractivity contribution in [3.63, 3.8) is 0 Å².